The van der Waals surface area contributed by atoms with Gasteiger partial charge in [0.25, 0.3) is 0 Å². The monoisotopic (exact) mass is 442 g/mol. The average Bonchev–Trinajstić information content (AvgIpc) is 2.93. The van der Waals surface area contributed by atoms with Crippen molar-refractivity contribution in [2.24, 2.45) is 5.14 Å². The third-order valence-corrected chi connectivity index (χ3v) is 5.72. The van der Waals surface area contributed by atoms with Crippen LogP contribution in [-0.4, -0.2) is 19.2 Å². The molecule has 0 radical (unpaired) electrons. The Kier molecular flexibility index (Phi) is 5.39. The van der Waals surface area contributed by atoms with Crippen molar-refractivity contribution in [3.8, 4) is 0 Å². The Balaban J connectivity index is 1.89. The number of nitrogens with one attached hydrogen (secondary N) is 1. The Morgan fingerprint density at radius 3 is 2.25 bits per heavy atom. The van der Waals surface area contributed by atoms with Crippen molar-refractivity contribution >= 4 is 56.4 Å². The molecule has 0 aliphatic rings. The average molecular weight is 442 g/mol. The number of nitrogen functional groups attached to an aromatic ring is 1. The number of carbonyl (C=O) groups excluding carboxylic acids is 1. The first kappa shape index (κ1) is 20.2. The normalized spacial score (nSPS) is 11.4. The first-order chi connectivity index (χ1) is 13.1. The third kappa shape index (κ3) is 4.14. The number of nitrogens with zero attached hydrogens (tertiary/aromatic N) is 1. The number of hydrogen-bond acceptors (Lipinski definition) is 8. The number of thiol groups is 1. The lowest BCUT2D eigenvalue weighted by atomic mass is 10.1. The molecule has 146 valence electrons. The van der Waals surface area contributed by atoms with Gasteiger partial charge in [-0.2, -0.15) is 0 Å². The summed E-state index contributed by atoms with van der Waals surface area (Å²) in [5.41, 5.74) is 5.42. The van der Waals surface area contributed by atoms with Crippen LogP contribution < -0.4 is 16.2 Å². The molecule has 7 nitrogen and oxygen atoms in total. The molecule has 0 spiro atoms. The lowest BCUT2D eigenvalue weighted by Gasteiger charge is -2.04. The number of ketones is 1. The molecule has 3 rings (SSSR count). The van der Waals surface area contributed by atoms with E-state index in [0.717, 1.165) is 23.5 Å². The van der Waals surface area contributed by atoms with E-state index in [4.69, 9.17) is 10.9 Å². The minimum absolute atomic E-state index is 0.0362. The van der Waals surface area contributed by atoms with Crippen LogP contribution in [0.15, 0.2) is 46.2 Å². The van der Waals surface area contributed by atoms with Gasteiger partial charge < -0.3 is 11.1 Å². The molecule has 0 bridgehead atoms. The van der Waals surface area contributed by atoms with Crippen LogP contribution in [0.4, 0.5) is 25.4 Å². The third-order valence-electron chi connectivity index (χ3n) is 3.55. The highest BCUT2D eigenvalue weighted by Crippen LogP contribution is 2.31. The van der Waals surface area contributed by atoms with Crippen molar-refractivity contribution in [3.05, 3.63) is 58.5 Å². The Morgan fingerprint density at radius 2 is 1.71 bits per heavy atom. The van der Waals surface area contributed by atoms with E-state index < -0.39 is 33.0 Å². The van der Waals surface area contributed by atoms with Gasteiger partial charge in [-0.25, -0.2) is 27.3 Å². The van der Waals surface area contributed by atoms with Gasteiger partial charge in [0.2, 0.25) is 15.8 Å². The highest BCUT2D eigenvalue weighted by molar-refractivity contribution is 7.89. The van der Waals surface area contributed by atoms with Crippen LogP contribution >= 0.6 is 24.0 Å². The van der Waals surface area contributed by atoms with E-state index in [-0.39, 0.29) is 25.6 Å². The van der Waals surface area contributed by atoms with Crippen LogP contribution in [0.3, 0.4) is 0 Å². The van der Waals surface area contributed by atoms with Gasteiger partial charge in [-0.1, -0.05) is 11.3 Å². The molecule has 0 amide bonds. The van der Waals surface area contributed by atoms with Crippen molar-refractivity contribution < 1.29 is 22.0 Å². The molecular weight excluding hydrogens is 430 g/mol. The van der Waals surface area contributed by atoms with Gasteiger partial charge in [0.05, 0.1) is 10.5 Å². The highest BCUT2D eigenvalue weighted by atomic mass is 32.2. The van der Waals surface area contributed by atoms with Crippen LogP contribution in [0.5, 0.6) is 0 Å². The predicted octanol–water partition coefficient (Wildman–Crippen LogP) is 2.91. The molecule has 0 aliphatic heterocycles. The van der Waals surface area contributed by atoms with E-state index in [9.17, 15) is 22.0 Å². The standard InChI is InChI=1S/C16H12F2N4O3S3/c17-10-5-8(26)6-11(18)12(10)13(23)14-15(19)22-16(27-14)21-7-1-3-9(4-2-7)28(20,24)25/h1-6,26H,19H2,(H,21,22)(H2,20,24,25). The van der Waals surface area contributed by atoms with Gasteiger partial charge in [-0.15, -0.1) is 12.6 Å². The van der Waals surface area contributed by atoms with E-state index >= 15 is 0 Å². The Hall–Kier alpha value is -2.54. The van der Waals surface area contributed by atoms with E-state index in [0.29, 0.717) is 5.69 Å². The zero-order chi connectivity index (χ0) is 20.6. The van der Waals surface area contributed by atoms with E-state index in [2.05, 4.69) is 22.9 Å². The minimum atomic E-state index is -3.83. The summed E-state index contributed by atoms with van der Waals surface area (Å²) in [6, 6.07) is 7.27. The maximum atomic E-state index is 14.0. The number of hydrogen-bond donors (Lipinski definition) is 4. The molecule has 2 aromatic carbocycles. The summed E-state index contributed by atoms with van der Waals surface area (Å²) in [4.78, 5) is 16.3. The highest BCUT2D eigenvalue weighted by Gasteiger charge is 2.24. The Labute approximate surface area is 167 Å². The maximum absolute atomic E-state index is 14.0. The molecule has 1 aromatic heterocycles. The number of thiazole rings is 1. The fourth-order valence-corrected chi connectivity index (χ4v) is 3.88. The van der Waals surface area contributed by atoms with Crippen LogP contribution in [0.1, 0.15) is 15.2 Å². The number of halogens is 2. The van der Waals surface area contributed by atoms with Crippen molar-refractivity contribution in [1.82, 2.24) is 4.98 Å². The Bertz CT molecular complexity index is 1160. The molecule has 1 heterocycles. The summed E-state index contributed by atoms with van der Waals surface area (Å²) in [7, 11) is -3.83. The molecule has 0 aliphatic carbocycles. The van der Waals surface area contributed by atoms with Gasteiger partial charge in [0.1, 0.15) is 22.3 Å². The quantitative estimate of drug-likeness (QED) is 0.355. The van der Waals surface area contributed by atoms with Gasteiger partial charge in [-0.3, -0.25) is 4.79 Å². The molecule has 0 unspecified atom stereocenters. The van der Waals surface area contributed by atoms with E-state index in [1.54, 1.807) is 0 Å². The van der Waals surface area contributed by atoms with Gasteiger partial charge >= 0.3 is 0 Å². The fraction of sp³-hybridized carbons (Fsp3) is 0. The predicted molar refractivity (Wildman–Crippen MR) is 105 cm³/mol. The second-order valence-corrected chi connectivity index (χ2v) is 8.62. The lowest BCUT2D eigenvalue weighted by molar-refractivity contribution is 0.103. The SMILES string of the molecule is Nc1nc(Nc2ccc(S(N)(=O)=O)cc2)sc1C(=O)c1c(F)cc(S)cc1F. The molecule has 0 saturated heterocycles. The number of primary sulfonamides is 1. The number of carbonyl (C=O) groups is 1. The zero-order valence-corrected chi connectivity index (χ0v) is 16.3. The van der Waals surface area contributed by atoms with Gasteiger partial charge in [0, 0.05) is 10.6 Å². The number of nitrogens with two attached hydrogens (primary N) is 2. The molecular formula is C16H12F2N4O3S3. The van der Waals surface area contributed by atoms with Gasteiger partial charge in [-0.05, 0) is 36.4 Å². The second-order valence-electron chi connectivity index (χ2n) is 5.54. The van der Waals surface area contributed by atoms with Crippen LogP contribution in [0.2, 0.25) is 0 Å². The smallest absolute Gasteiger partial charge is 0.238 e. The van der Waals surface area contributed by atoms with Crippen LogP contribution in [0, 0.1) is 11.6 Å². The number of anilines is 3. The molecule has 0 fully saturated rings. The summed E-state index contributed by atoms with van der Waals surface area (Å²) in [6.45, 7) is 0. The molecule has 5 N–H and O–H groups in total. The van der Waals surface area contributed by atoms with E-state index in [1.807, 2.05) is 0 Å². The van der Waals surface area contributed by atoms with Crippen molar-refractivity contribution in [1.29, 1.82) is 0 Å². The molecule has 0 atom stereocenters. The van der Waals surface area contributed by atoms with Gasteiger partial charge in [0.15, 0.2) is 5.13 Å². The summed E-state index contributed by atoms with van der Waals surface area (Å²) >= 11 is 4.65. The van der Waals surface area contributed by atoms with Crippen molar-refractivity contribution in [3.63, 3.8) is 0 Å². The maximum Gasteiger partial charge on any atom is 0.238 e. The summed E-state index contributed by atoms with van der Waals surface area (Å²) in [6.07, 6.45) is 0. The Morgan fingerprint density at radius 1 is 1.14 bits per heavy atom. The number of rotatable bonds is 5. The second kappa shape index (κ2) is 7.47. The van der Waals surface area contributed by atoms with Crippen LogP contribution in [-0.2, 0) is 10.0 Å². The molecule has 12 heteroatoms. The molecule has 28 heavy (non-hydrogen) atoms. The first-order valence-electron chi connectivity index (χ1n) is 7.45. The minimum Gasteiger partial charge on any atom is -0.382 e. The van der Waals surface area contributed by atoms with Crippen molar-refractivity contribution in [2.75, 3.05) is 11.1 Å². The molecule has 3 aromatic rings. The summed E-state index contributed by atoms with van der Waals surface area (Å²) in [5.74, 6) is -3.27. The molecule has 0 saturated carbocycles. The number of benzene rings is 2. The lowest BCUT2D eigenvalue weighted by Crippen LogP contribution is -2.11. The summed E-state index contributed by atoms with van der Waals surface area (Å²) in [5, 5.41) is 8.03. The number of aromatic nitrogens is 1. The van der Waals surface area contributed by atoms with Crippen molar-refractivity contribution in [2.45, 2.75) is 9.79 Å². The zero-order valence-electron chi connectivity index (χ0n) is 13.8. The summed E-state index contributed by atoms with van der Waals surface area (Å²) < 4.78 is 50.6. The largest absolute Gasteiger partial charge is 0.382 e. The topological polar surface area (TPSA) is 128 Å². The first-order valence-corrected chi connectivity index (χ1v) is 10.3. The fourth-order valence-electron chi connectivity index (χ4n) is 2.29. The van der Waals surface area contributed by atoms with E-state index in [1.165, 1.54) is 24.3 Å². The number of sulfonamides is 1. The van der Waals surface area contributed by atoms with Crippen LogP contribution in [0.25, 0.3) is 0 Å².